The summed E-state index contributed by atoms with van der Waals surface area (Å²) >= 11 is 9.00. The lowest BCUT2D eigenvalue weighted by Gasteiger charge is -2.27. The van der Waals surface area contributed by atoms with Crippen molar-refractivity contribution in [1.82, 2.24) is 9.71 Å². The molecule has 1 heterocycles. The SMILES string of the molecule is O=S(=O)(NCC1CCCCC1O)c1cc(Br)cnc1Cl. The molecule has 20 heavy (non-hydrogen) atoms. The van der Waals surface area contributed by atoms with Gasteiger partial charge in [-0.25, -0.2) is 18.1 Å². The van der Waals surface area contributed by atoms with Gasteiger partial charge in [0.15, 0.2) is 0 Å². The number of halogens is 2. The van der Waals surface area contributed by atoms with E-state index in [1.54, 1.807) is 0 Å². The Morgan fingerprint density at radius 1 is 1.45 bits per heavy atom. The summed E-state index contributed by atoms with van der Waals surface area (Å²) in [6.45, 7) is 0.215. The molecule has 1 fully saturated rings. The summed E-state index contributed by atoms with van der Waals surface area (Å²) in [5.41, 5.74) is 0. The number of hydrogen-bond donors (Lipinski definition) is 2. The fourth-order valence-electron chi connectivity index (χ4n) is 2.31. The van der Waals surface area contributed by atoms with E-state index in [1.807, 2.05) is 0 Å². The number of nitrogens with one attached hydrogen (secondary N) is 1. The smallest absolute Gasteiger partial charge is 0.243 e. The third kappa shape index (κ3) is 3.92. The zero-order chi connectivity index (χ0) is 14.8. The van der Waals surface area contributed by atoms with Gasteiger partial charge in [0.05, 0.1) is 6.10 Å². The Balaban J connectivity index is 2.09. The van der Waals surface area contributed by atoms with Crippen molar-refractivity contribution in [1.29, 1.82) is 0 Å². The predicted molar refractivity (Wildman–Crippen MR) is 80.1 cm³/mol. The lowest BCUT2D eigenvalue weighted by Crippen LogP contribution is -2.36. The molecule has 0 amide bonds. The van der Waals surface area contributed by atoms with Crippen LogP contribution in [0.3, 0.4) is 0 Å². The second kappa shape index (κ2) is 6.70. The molecule has 8 heteroatoms. The van der Waals surface area contributed by atoms with Crippen LogP contribution in [0.5, 0.6) is 0 Å². The van der Waals surface area contributed by atoms with E-state index in [-0.39, 0.29) is 22.5 Å². The highest BCUT2D eigenvalue weighted by molar-refractivity contribution is 9.10. The summed E-state index contributed by atoms with van der Waals surface area (Å²) in [4.78, 5) is 3.75. The number of aliphatic hydroxyl groups is 1. The van der Waals surface area contributed by atoms with Crippen LogP contribution in [0.2, 0.25) is 5.15 Å². The van der Waals surface area contributed by atoms with E-state index in [9.17, 15) is 13.5 Å². The minimum Gasteiger partial charge on any atom is -0.393 e. The molecule has 2 unspecified atom stereocenters. The van der Waals surface area contributed by atoms with Gasteiger partial charge in [-0.15, -0.1) is 0 Å². The van der Waals surface area contributed by atoms with Crippen molar-refractivity contribution in [2.24, 2.45) is 5.92 Å². The van der Waals surface area contributed by atoms with Gasteiger partial charge < -0.3 is 5.11 Å². The second-order valence-corrected chi connectivity index (χ2v) is 7.92. The zero-order valence-electron chi connectivity index (χ0n) is 10.7. The highest BCUT2D eigenvalue weighted by Gasteiger charge is 2.26. The number of nitrogens with zero attached hydrogens (tertiary/aromatic N) is 1. The molecule has 2 rings (SSSR count). The van der Waals surface area contributed by atoms with E-state index < -0.39 is 16.1 Å². The average Bonchev–Trinajstić information content (AvgIpc) is 2.40. The van der Waals surface area contributed by atoms with Crippen molar-refractivity contribution < 1.29 is 13.5 Å². The van der Waals surface area contributed by atoms with Crippen molar-refractivity contribution in [3.63, 3.8) is 0 Å². The number of aromatic nitrogens is 1. The first-order valence-corrected chi connectivity index (χ1v) is 9.04. The third-order valence-electron chi connectivity index (χ3n) is 3.47. The normalized spacial score (nSPS) is 23.8. The van der Waals surface area contributed by atoms with Crippen LogP contribution in [0.4, 0.5) is 0 Å². The summed E-state index contributed by atoms with van der Waals surface area (Å²) < 4.78 is 27.5. The molecule has 0 aliphatic heterocycles. The maximum Gasteiger partial charge on any atom is 0.243 e. The molecule has 5 nitrogen and oxygen atoms in total. The largest absolute Gasteiger partial charge is 0.393 e. The third-order valence-corrected chi connectivity index (χ3v) is 5.75. The van der Waals surface area contributed by atoms with Crippen LogP contribution >= 0.6 is 27.5 Å². The maximum absolute atomic E-state index is 12.2. The maximum atomic E-state index is 12.2. The van der Waals surface area contributed by atoms with Crippen LogP contribution in [-0.4, -0.2) is 31.2 Å². The zero-order valence-corrected chi connectivity index (χ0v) is 13.9. The molecule has 0 bridgehead atoms. The minimum absolute atomic E-state index is 0.0441. The van der Waals surface area contributed by atoms with Gasteiger partial charge in [0.25, 0.3) is 0 Å². The van der Waals surface area contributed by atoms with Crippen LogP contribution in [-0.2, 0) is 10.0 Å². The van der Waals surface area contributed by atoms with Gasteiger partial charge in [0, 0.05) is 17.2 Å². The summed E-state index contributed by atoms with van der Waals surface area (Å²) in [6.07, 6.45) is 4.56. The highest BCUT2D eigenvalue weighted by Crippen LogP contribution is 2.26. The molecular weight excluding hydrogens is 368 g/mol. The summed E-state index contributed by atoms with van der Waals surface area (Å²) in [7, 11) is -3.72. The van der Waals surface area contributed by atoms with Crippen molar-refractivity contribution in [2.75, 3.05) is 6.54 Å². The van der Waals surface area contributed by atoms with Crippen LogP contribution < -0.4 is 4.72 Å². The second-order valence-electron chi connectivity index (χ2n) is 4.91. The average molecular weight is 384 g/mol. The Hall–Kier alpha value is -0.210. The van der Waals surface area contributed by atoms with Gasteiger partial charge in [-0.1, -0.05) is 24.4 Å². The van der Waals surface area contributed by atoms with Gasteiger partial charge in [0.1, 0.15) is 10.0 Å². The number of pyridine rings is 1. The van der Waals surface area contributed by atoms with Crippen LogP contribution in [0.15, 0.2) is 21.6 Å². The van der Waals surface area contributed by atoms with E-state index >= 15 is 0 Å². The quantitative estimate of drug-likeness (QED) is 0.782. The summed E-state index contributed by atoms with van der Waals surface area (Å²) in [6, 6.07) is 1.41. The van der Waals surface area contributed by atoms with Gasteiger partial charge in [-0.3, -0.25) is 0 Å². The van der Waals surface area contributed by atoms with Crippen molar-refractivity contribution in [3.8, 4) is 0 Å². The van der Waals surface area contributed by atoms with Gasteiger partial charge >= 0.3 is 0 Å². The van der Waals surface area contributed by atoms with E-state index in [2.05, 4.69) is 25.6 Å². The van der Waals surface area contributed by atoms with Crippen molar-refractivity contribution in [2.45, 2.75) is 36.7 Å². The molecule has 1 aliphatic carbocycles. The van der Waals surface area contributed by atoms with E-state index in [0.29, 0.717) is 4.47 Å². The van der Waals surface area contributed by atoms with E-state index in [0.717, 1.165) is 25.7 Å². The topological polar surface area (TPSA) is 79.3 Å². The molecule has 1 aromatic heterocycles. The van der Waals surface area contributed by atoms with Crippen LogP contribution in [0.25, 0.3) is 0 Å². The van der Waals surface area contributed by atoms with Crippen LogP contribution in [0, 0.1) is 5.92 Å². The molecule has 2 atom stereocenters. The fraction of sp³-hybridized carbons (Fsp3) is 0.583. The Bertz CT molecular complexity index is 582. The molecule has 2 N–H and O–H groups in total. The number of aliphatic hydroxyl groups excluding tert-OH is 1. The van der Waals surface area contributed by atoms with E-state index in [1.165, 1.54) is 12.3 Å². The monoisotopic (exact) mass is 382 g/mol. The highest BCUT2D eigenvalue weighted by atomic mass is 79.9. The summed E-state index contributed by atoms with van der Waals surface area (Å²) in [5, 5.41) is 9.79. The number of rotatable bonds is 4. The van der Waals surface area contributed by atoms with Crippen molar-refractivity contribution >= 4 is 37.6 Å². The Kier molecular flexibility index (Phi) is 5.42. The molecule has 0 spiro atoms. The number of hydrogen-bond acceptors (Lipinski definition) is 4. The first-order chi connectivity index (χ1) is 9.40. The van der Waals surface area contributed by atoms with Crippen LogP contribution in [0.1, 0.15) is 25.7 Å². The minimum atomic E-state index is -3.72. The molecule has 0 radical (unpaired) electrons. The molecule has 1 aromatic rings. The lowest BCUT2D eigenvalue weighted by molar-refractivity contribution is 0.0724. The standard InChI is InChI=1S/C12H16BrClN2O3S/c13-9-5-11(12(14)15-7-9)20(18,19)16-6-8-3-1-2-4-10(8)17/h5,7-8,10,16-17H,1-4,6H2. The first-order valence-electron chi connectivity index (χ1n) is 6.39. The summed E-state index contributed by atoms with van der Waals surface area (Å²) in [5.74, 6) is -0.0441. The van der Waals surface area contributed by atoms with Gasteiger partial charge in [-0.05, 0) is 40.8 Å². The Morgan fingerprint density at radius 2 is 2.15 bits per heavy atom. The fourth-order valence-corrected chi connectivity index (χ4v) is 4.35. The predicted octanol–water partition coefficient (Wildman–Crippen LogP) is 2.33. The molecule has 112 valence electrons. The molecular formula is C12H16BrClN2O3S. The Morgan fingerprint density at radius 3 is 2.85 bits per heavy atom. The molecule has 1 aliphatic rings. The van der Waals surface area contributed by atoms with Gasteiger partial charge in [0.2, 0.25) is 10.0 Å². The molecule has 0 saturated heterocycles. The Labute approximate surface area is 131 Å². The molecule has 0 aromatic carbocycles. The lowest BCUT2D eigenvalue weighted by atomic mass is 9.87. The van der Waals surface area contributed by atoms with Gasteiger partial charge in [-0.2, -0.15) is 0 Å². The van der Waals surface area contributed by atoms with Crippen molar-refractivity contribution in [3.05, 3.63) is 21.9 Å². The van der Waals surface area contributed by atoms with E-state index in [4.69, 9.17) is 11.6 Å². The first kappa shape index (κ1) is 16.2. The number of sulfonamides is 1. The molecule has 1 saturated carbocycles.